The number of aryl methyl sites for hydroxylation is 1. The number of hydrogen-bond acceptors (Lipinski definition) is 7. The maximum Gasteiger partial charge on any atom is 0.422 e. The topological polar surface area (TPSA) is 106 Å². The Bertz CT molecular complexity index is 2050. The molecule has 3 heterocycles. The maximum absolute atomic E-state index is 13.5. The van der Waals surface area contributed by atoms with E-state index in [4.69, 9.17) is 21.1 Å². The number of piperazine rings is 1. The van der Waals surface area contributed by atoms with Gasteiger partial charge in [-0.3, -0.25) is 14.4 Å². The van der Waals surface area contributed by atoms with Crippen LogP contribution in [0.1, 0.15) is 16.1 Å². The molecule has 0 spiro atoms. The smallest absolute Gasteiger partial charge is 0.422 e. The van der Waals surface area contributed by atoms with Crippen molar-refractivity contribution in [2.24, 2.45) is 7.05 Å². The van der Waals surface area contributed by atoms with Gasteiger partial charge in [0.15, 0.2) is 6.61 Å². The van der Waals surface area contributed by atoms with Gasteiger partial charge in [0.05, 0.1) is 22.3 Å². The van der Waals surface area contributed by atoms with E-state index in [1.807, 2.05) is 34.7 Å². The molecule has 49 heavy (non-hydrogen) atoms. The zero-order valence-corrected chi connectivity index (χ0v) is 27.7. The van der Waals surface area contributed by atoms with E-state index in [2.05, 4.69) is 14.6 Å². The minimum absolute atomic E-state index is 0.0660. The molecular formula is C34H31ClF3N5O5S. The Morgan fingerprint density at radius 3 is 2.27 bits per heavy atom. The summed E-state index contributed by atoms with van der Waals surface area (Å²) in [5.74, 6) is 0.811. The lowest BCUT2D eigenvalue weighted by Crippen LogP contribution is -2.48. The van der Waals surface area contributed by atoms with Crippen LogP contribution in [-0.2, 0) is 23.6 Å². The first-order valence-corrected chi connectivity index (χ1v) is 17.0. The van der Waals surface area contributed by atoms with E-state index in [-0.39, 0.29) is 28.1 Å². The van der Waals surface area contributed by atoms with Gasteiger partial charge in [-0.05, 0) is 66.2 Å². The van der Waals surface area contributed by atoms with Crippen molar-refractivity contribution >= 4 is 44.1 Å². The SMILES string of the molecule is Cn1c(C(=O)N2CCN(Cc3ccc(OCC(F)(F)F)cc3)CC2)cc2ccc(Oc3ccc(NS(=O)(=O)c4ccc(Cl)cc4)cn3)cc21. The number of ether oxygens (including phenoxy) is 2. The fourth-order valence-electron chi connectivity index (χ4n) is 5.41. The molecule has 10 nitrogen and oxygen atoms in total. The lowest BCUT2D eigenvalue weighted by molar-refractivity contribution is -0.153. The highest BCUT2D eigenvalue weighted by Crippen LogP contribution is 2.29. The standard InChI is InChI=1S/C34H31ClF3N5O5S/c1-41-30-19-28(48-32-13-7-26(20-39-32)40-49(45,46)29-11-5-25(35)6-12-29)10-4-24(30)18-31(41)33(44)43-16-14-42(15-17-43)21-23-2-8-27(9-3-23)47-22-34(36,37)38/h2-13,18-20,40H,14-17,21-22H2,1H3. The van der Waals surface area contributed by atoms with Gasteiger partial charge in [0.2, 0.25) is 5.88 Å². The van der Waals surface area contributed by atoms with Crippen LogP contribution in [0.3, 0.4) is 0 Å². The number of anilines is 1. The van der Waals surface area contributed by atoms with E-state index < -0.39 is 22.8 Å². The molecule has 1 fully saturated rings. The highest BCUT2D eigenvalue weighted by atomic mass is 35.5. The van der Waals surface area contributed by atoms with Gasteiger partial charge in [0.1, 0.15) is 17.2 Å². The van der Waals surface area contributed by atoms with Gasteiger partial charge in [0.25, 0.3) is 15.9 Å². The Balaban J connectivity index is 1.04. The van der Waals surface area contributed by atoms with Crippen LogP contribution < -0.4 is 14.2 Å². The van der Waals surface area contributed by atoms with Crippen molar-refractivity contribution in [3.05, 3.63) is 107 Å². The van der Waals surface area contributed by atoms with Crippen LogP contribution in [0.2, 0.25) is 5.02 Å². The van der Waals surface area contributed by atoms with Crippen LogP contribution in [0.25, 0.3) is 10.9 Å². The molecule has 0 aliphatic carbocycles. The second kappa shape index (κ2) is 14.0. The second-order valence-corrected chi connectivity index (χ2v) is 13.6. The van der Waals surface area contributed by atoms with Crippen molar-refractivity contribution in [3.8, 4) is 17.4 Å². The third kappa shape index (κ3) is 8.45. The molecule has 1 aliphatic rings. The molecule has 256 valence electrons. The molecule has 15 heteroatoms. The summed E-state index contributed by atoms with van der Waals surface area (Å²) < 4.78 is 77.5. The fraction of sp³-hybridized carbons (Fsp3) is 0.235. The summed E-state index contributed by atoms with van der Waals surface area (Å²) in [6, 6.07) is 22.7. The number of pyridine rings is 1. The Hall–Kier alpha value is -4.79. The second-order valence-electron chi connectivity index (χ2n) is 11.5. The third-order valence-corrected chi connectivity index (χ3v) is 9.61. The molecule has 0 saturated carbocycles. The first-order valence-electron chi connectivity index (χ1n) is 15.1. The van der Waals surface area contributed by atoms with Gasteiger partial charge < -0.3 is 18.9 Å². The van der Waals surface area contributed by atoms with Crippen LogP contribution in [0.15, 0.2) is 96.0 Å². The van der Waals surface area contributed by atoms with Crippen LogP contribution in [0.4, 0.5) is 18.9 Å². The number of carbonyl (C=O) groups excluding carboxylic acids is 1. The van der Waals surface area contributed by atoms with Crippen molar-refractivity contribution < 1.29 is 35.9 Å². The number of fused-ring (bicyclic) bond motifs is 1. The lowest BCUT2D eigenvalue weighted by atomic mass is 10.2. The molecule has 1 N–H and O–H groups in total. The monoisotopic (exact) mass is 713 g/mol. The summed E-state index contributed by atoms with van der Waals surface area (Å²) in [5.41, 5.74) is 2.52. The van der Waals surface area contributed by atoms with Crippen molar-refractivity contribution in [3.63, 3.8) is 0 Å². The Kier molecular flexibility index (Phi) is 9.72. The molecule has 1 amide bonds. The number of alkyl halides is 3. The average molecular weight is 714 g/mol. The van der Waals surface area contributed by atoms with E-state index in [0.717, 1.165) is 16.5 Å². The van der Waals surface area contributed by atoms with Gasteiger partial charge in [0, 0.05) is 62.3 Å². The molecule has 2 aromatic heterocycles. The molecule has 0 atom stereocenters. The number of nitrogens with one attached hydrogen (secondary N) is 1. The Morgan fingerprint density at radius 1 is 0.918 bits per heavy atom. The van der Waals surface area contributed by atoms with E-state index in [0.29, 0.717) is 49.2 Å². The third-order valence-electron chi connectivity index (χ3n) is 7.96. The number of aromatic nitrogens is 2. The molecule has 6 rings (SSSR count). The van der Waals surface area contributed by atoms with Crippen molar-refractivity contribution in [2.75, 3.05) is 37.5 Å². The molecule has 5 aromatic rings. The summed E-state index contributed by atoms with van der Waals surface area (Å²) in [6.45, 7) is 1.62. The first-order chi connectivity index (χ1) is 23.3. The number of benzene rings is 3. The molecule has 1 aliphatic heterocycles. The fourth-order valence-corrected chi connectivity index (χ4v) is 6.58. The molecule has 3 aromatic carbocycles. The number of hydrogen-bond donors (Lipinski definition) is 1. The quantitative estimate of drug-likeness (QED) is 0.171. The van der Waals surface area contributed by atoms with E-state index >= 15 is 0 Å². The number of halogens is 4. The molecule has 0 radical (unpaired) electrons. The Labute approximate surface area is 285 Å². The van der Waals surface area contributed by atoms with Gasteiger partial charge >= 0.3 is 6.18 Å². The highest BCUT2D eigenvalue weighted by Gasteiger charge is 2.28. The summed E-state index contributed by atoms with van der Waals surface area (Å²) in [6.07, 6.45) is -3.03. The minimum atomic E-state index is -4.39. The summed E-state index contributed by atoms with van der Waals surface area (Å²) in [4.78, 5) is 21.8. The largest absolute Gasteiger partial charge is 0.484 e. The maximum atomic E-state index is 13.5. The van der Waals surface area contributed by atoms with Crippen molar-refractivity contribution in [1.29, 1.82) is 0 Å². The minimum Gasteiger partial charge on any atom is -0.484 e. The van der Waals surface area contributed by atoms with E-state index in [1.54, 1.807) is 30.3 Å². The number of nitrogens with zero attached hydrogens (tertiary/aromatic N) is 4. The zero-order chi connectivity index (χ0) is 34.8. The molecule has 1 saturated heterocycles. The van der Waals surface area contributed by atoms with Gasteiger partial charge in [-0.1, -0.05) is 23.7 Å². The summed E-state index contributed by atoms with van der Waals surface area (Å²) in [7, 11) is -2.01. The normalized spacial score (nSPS) is 14.2. The average Bonchev–Trinajstić information content (AvgIpc) is 3.40. The Morgan fingerprint density at radius 2 is 1.61 bits per heavy atom. The number of sulfonamides is 1. The first kappa shape index (κ1) is 34.1. The summed E-state index contributed by atoms with van der Waals surface area (Å²) in [5, 5.41) is 1.29. The van der Waals surface area contributed by atoms with Crippen LogP contribution >= 0.6 is 11.6 Å². The predicted octanol–water partition coefficient (Wildman–Crippen LogP) is 6.72. The summed E-state index contributed by atoms with van der Waals surface area (Å²) >= 11 is 5.86. The van der Waals surface area contributed by atoms with Crippen LogP contribution in [-0.4, -0.2) is 72.6 Å². The van der Waals surface area contributed by atoms with Crippen LogP contribution in [0, 0.1) is 0 Å². The lowest BCUT2D eigenvalue weighted by Gasteiger charge is -2.34. The van der Waals surface area contributed by atoms with E-state index in [1.165, 1.54) is 42.6 Å². The van der Waals surface area contributed by atoms with Crippen molar-refractivity contribution in [2.45, 2.75) is 17.6 Å². The number of amides is 1. The van der Waals surface area contributed by atoms with Gasteiger partial charge in [-0.25, -0.2) is 13.4 Å². The predicted molar refractivity (Wildman–Crippen MR) is 179 cm³/mol. The number of rotatable bonds is 10. The van der Waals surface area contributed by atoms with Gasteiger partial charge in [-0.2, -0.15) is 13.2 Å². The number of carbonyl (C=O) groups is 1. The zero-order valence-electron chi connectivity index (χ0n) is 26.2. The van der Waals surface area contributed by atoms with Crippen LogP contribution in [0.5, 0.6) is 17.4 Å². The molecule has 0 bridgehead atoms. The van der Waals surface area contributed by atoms with Gasteiger partial charge in [-0.15, -0.1) is 0 Å². The highest BCUT2D eigenvalue weighted by molar-refractivity contribution is 7.92. The van der Waals surface area contributed by atoms with E-state index in [9.17, 15) is 26.4 Å². The molecular weight excluding hydrogens is 683 g/mol. The van der Waals surface area contributed by atoms with Crippen molar-refractivity contribution in [1.82, 2.24) is 19.4 Å². The molecule has 0 unspecified atom stereocenters.